The quantitative estimate of drug-likeness (QED) is 0.441. The largest absolute Gasteiger partial charge is 0.393 e. The first-order chi connectivity index (χ1) is 15.5. The maximum absolute atomic E-state index is 9.89. The van der Waals surface area contributed by atoms with Gasteiger partial charge < -0.3 is 25.0 Å². The summed E-state index contributed by atoms with van der Waals surface area (Å²) < 4.78 is 1.95. The summed E-state index contributed by atoms with van der Waals surface area (Å²) in [6.45, 7) is 5.50. The molecular formula is C23H26N8O. The van der Waals surface area contributed by atoms with Gasteiger partial charge in [0.15, 0.2) is 0 Å². The fourth-order valence-electron chi connectivity index (χ4n) is 3.97. The van der Waals surface area contributed by atoms with E-state index in [-0.39, 0.29) is 6.10 Å². The first-order valence-corrected chi connectivity index (χ1v) is 10.8. The number of rotatable bonds is 5. The van der Waals surface area contributed by atoms with Gasteiger partial charge in [0.1, 0.15) is 23.1 Å². The van der Waals surface area contributed by atoms with Crippen LogP contribution in [0.2, 0.25) is 0 Å². The van der Waals surface area contributed by atoms with Crippen molar-refractivity contribution >= 4 is 34.7 Å². The van der Waals surface area contributed by atoms with Crippen LogP contribution in [0.3, 0.4) is 0 Å². The smallest absolute Gasteiger partial charge is 0.232 e. The van der Waals surface area contributed by atoms with E-state index in [1.54, 1.807) is 6.20 Å². The third-order valence-electron chi connectivity index (χ3n) is 5.51. The number of pyridine rings is 2. The Labute approximate surface area is 186 Å². The molecule has 0 atom stereocenters. The van der Waals surface area contributed by atoms with Crippen LogP contribution < -0.4 is 15.5 Å². The van der Waals surface area contributed by atoms with E-state index in [1.165, 1.54) is 0 Å². The van der Waals surface area contributed by atoms with Crippen molar-refractivity contribution in [3.05, 3.63) is 60.2 Å². The molecule has 164 valence electrons. The summed E-state index contributed by atoms with van der Waals surface area (Å²) in [5.41, 5.74) is 3.79. The summed E-state index contributed by atoms with van der Waals surface area (Å²) in [5.74, 6) is 2.65. The highest BCUT2D eigenvalue weighted by atomic mass is 16.3. The van der Waals surface area contributed by atoms with E-state index in [4.69, 9.17) is 4.98 Å². The van der Waals surface area contributed by atoms with Gasteiger partial charge in [-0.15, -0.1) is 0 Å². The molecule has 4 aromatic heterocycles. The summed E-state index contributed by atoms with van der Waals surface area (Å²) >= 11 is 0. The van der Waals surface area contributed by atoms with E-state index in [9.17, 15) is 5.11 Å². The number of aliphatic hydroxyl groups excluding tert-OH is 1. The van der Waals surface area contributed by atoms with Crippen molar-refractivity contribution in [1.29, 1.82) is 0 Å². The van der Waals surface area contributed by atoms with E-state index in [1.807, 2.05) is 61.0 Å². The number of nitrogens with zero attached hydrogens (tertiary/aromatic N) is 6. The van der Waals surface area contributed by atoms with Crippen LogP contribution in [-0.2, 0) is 0 Å². The van der Waals surface area contributed by atoms with Crippen LogP contribution in [0, 0.1) is 13.8 Å². The predicted octanol–water partition coefficient (Wildman–Crippen LogP) is 3.58. The Morgan fingerprint density at radius 1 is 0.938 bits per heavy atom. The van der Waals surface area contributed by atoms with Crippen LogP contribution in [-0.4, -0.2) is 48.6 Å². The Morgan fingerprint density at radius 2 is 1.75 bits per heavy atom. The van der Waals surface area contributed by atoms with Gasteiger partial charge in [0, 0.05) is 55.2 Å². The standard InChI is InChI=1S/C23H26N8O/c1-15-11-16(2)25-19(12-15)27-23-28-20(14-22(29-23)30-8-4-18(32)5-9-30)26-17-3-7-31-10-6-24-21(31)13-17/h3,6-7,10-14,18,32H,4-5,8-9H2,1-2H3,(H2,25,26,27,28,29). The van der Waals surface area contributed by atoms with E-state index >= 15 is 0 Å². The average Bonchev–Trinajstić information content (AvgIpc) is 3.21. The molecule has 0 aliphatic carbocycles. The number of aliphatic hydroxyl groups is 1. The molecular weight excluding hydrogens is 404 g/mol. The third-order valence-corrected chi connectivity index (χ3v) is 5.51. The molecule has 0 radical (unpaired) electrons. The molecule has 1 aliphatic rings. The zero-order chi connectivity index (χ0) is 22.1. The van der Waals surface area contributed by atoms with Crippen molar-refractivity contribution in [2.75, 3.05) is 28.6 Å². The highest BCUT2D eigenvalue weighted by Gasteiger charge is 2.20. The molecule has 32 heavy (non-hydrogen) atoms. The first kappa shape index (κ1) is 20.2. The van der Waals surface area contributed by atoms with Gasteiger partial charge in [-0.05, 0) is 50.5 Å². The Balaban J connectivity index is 1.47. The molecule has 0 bridgehead atoms. The Hall–Kier alpha value is -3.72. The Bertz CT molecular complexity index is 1230. The number of hydrogen-bond acceptors (Lipinski definition) is 8. The molecule has 0 spiro atoms. The van der Waals surface area contributed by atoms with Gasteiger partial charge in [0.25, 0.3) is 0 Å². The zero-order valence-electron chi connectivity index (χ0n) is 18.2. The Kier molecular flexibility index (Phi) is 5.32. The van der Waals surface area contributed by atoms with E-state index in [2.05, 4.69) is 30.5 Å². The Morgan fingerprint density at radius 3 is 2.56 bits per heavy atom. The van der Waals surface area contributed by atoms with E-state index in [0.717, 1.165) is 54.3 Å². The second kappa shape index (κ2) is 8.43. The van der Waals surface area contributed by atoms with Crippen LogP contribution in [0.1, 0.15) is 24.1 Å². The number of anilines is 5. The van der Waals surface area contributed by atoms with Gasteiger partial charge in [-0.25, -0.2) is 9.97 Å². The number of imidazole rings is 1. The van der Waals surface area contributed by atoms with Gasteiger partial charge in [0.2, 0.25) is 5.95 Å². The molecule has 0 aromatic carbocycles. The van der Waals surface area contributed by atoms with Crippen LogP contribution in [0.15, 0.2) is 48.9 Å². The number of nitrogens with one attached hydrogen (secondary N) is 2. The zero-order valence-corrected chi connectivity index (χ0v) is 18.2. The van der Waals surface area contributed by atoms with Crippen molar-refractivity contribution in [2.45, 2.75) is 32.8 Å². The number of hydrogen-bond donors (Lipinski definition) is 3. The van der Waals surface area contributed by atoms with Crippen LogP contribution in [0.5, 0.6) is 0 Å². The fourth-order valence-corrected chi connectivity index (χ4v) is 3.97. The number of piperidine rings is 1. The maximum Gasteiger partial charge on any atom is 0.232 e. The molecule has 0 amide bonds. The summed E-state index contributed by atoms with van der Waals surface area (Å²) in [4.78, 5) is 20.5. The van der Waals surface area contributed by atoms with Crippen LogP contribution >= 0.6 is 0 Å². The minimum Gasteiger partial charge on any atom is -0.393 e. The summed E-state index contributed by atoms with van der Waals surface area (Å²) in [6.07, 6.45) is 6.84. The molecule has 4 aromatic rings. The second-order valence-corrected chi connectivity index (χ2v) is 8.18. The number of aryl methyl sites for hydroxylation is 2. The highest BCUT2D eigenvalue weighted by Crippen LogP contribution is 2.26. The molecule has 9 heteroatoms. The van der Waals surface area contributed by atoms with Gasteiger partial charge in [-0.3, -0.25) is 0 Å². The van der Waals surface area contributed by atoms with Gasteiger partial charge in [-0.1, -0.05) is 0 Å². The van der Waals surface area contributed by atoms with Gasteiger partial charge >= 0.3 is 0 Å². The normalized spacial score (nSPS) is 14.7. The van der Waals surface area contributed by atoms with Crippen molar-refractivity contribution in [2.24, 2.45) is 0 Å². The minimum absolute atomic E-state index is 0.246. The van der Waals surface area contributed by atoms with E-state index in [0.29, 0.717) is 17.6 Å². The molecule has 1 aliphatic heterocycles. The molecule has 1 saturated heterocycles. The first-order valence-electron chi connectivity index (χ1n) is 10.8. The lowest BCUT2D eigenvalue weighted by atomic mass is 10.1. The van der Waals surface area contributed by atoms with Crippen molar-refractivity contribution in [3.8, 4) is 0 Å². The summed E-state index contributed by atoms with van der Waals surface area (Å²) in [5, 5.41) is 16.5. The highest BCUT2D eigenvalue weighted by molar-refractivity contribution is 5.65. The SMILES string of the molecule is Cc1cc(C)nc(Nc2nc(Nc3ccn4ccnc4c3)cc(N3CCC(O)CC3)n2)c1. The van der Waals surface area contributed by atoms with Crippen LogP contribution in [0.4, 0.5) is 29.1 Å². The predicted molar refractivity (Wildman–Crippen MR) is 125 cm³/mol. The molecule has 1 fully saturated rings. The lowest BCUT2D eigenvalue weighted by Gasteiger charge is -2.30. The lowest BCUT2D eigenvalue weighted by Crippen LogP contribution is -2.36. The van der Waals surface area contributed by atoms with Gasteiger partial charge in [0.05, 0.1) is 6.10 Å². The molecule has 0 unspecified atom stereocenters. The molecule has 5 rings (SSSR count). The van der Waals surface area contributed by atoms with Crippen molar-refractivity contribution in [1.82, 2.24) is 24.3 Å². The monoisotopic (exact) mass is 430 g/mol. The third kappa shape index (κ3) is 4.47. The van der Waals surface area contributed by atoms with Gasteiger partial charge in [-0.2, -0.15) is 9.97 Å². The van der Waals surface area contributed by atoms with E-state index < -0.39 is 0 Å². The topological polar surface area (TPSA) is 104 Å². The molecule has 9 nitrogen and oxygen atoms in total. The minimum atomic E-state index is -0.246. The fraction of sp³-hybridized carbons (Fsp3) is 0.304. The van der Waals surface area contributed by atoms with Crippen molar-refractivity contribution < 1.29 is 5.11 Å². The summed E-state index contributed by atoms with van der Waals surface area (Å²) in [6, 6.07) is 9.89. The lowest BCUT2D eigenvalue weighted by molar-refractivity contribution is 0.145. The summed E-state index contributed by atoms with van der Waals surface area (Å²) in [7, 11) is 0. The number of fused-ring (bicyclic) bond motifs is 1. The number of aromatic nitrogens is 5. The average molecular weight is 431 g/mol. The molecule has 3 N–H and O–H groups in total. The molecule has 0 saturated carbocycles. The van der Waals surface area contributed by atoms with Crippen molar-refractivity contribution in [3.63, 3.8) is 0 Å². The second-order valence-electron chi connectivity index (χ2n) is 8.18. The maximum atomic E-state index is 9.89. The molecule has 5 heterocycles. The van der Waals surface area contributed by atoms with Crippen LogP contribution in [0.25, 0.3) is 5.65 Å².